The number of halogens is 2. The van der Waals surface area contributed by atoms with Gasteiger partial charge in [-0.3, -0.25) is 0 Å². The predicted octanol–water partition coefficient (Wildman–Crippen LogP) is 3.26. The van der Waals surface area contributed by atoms with Gasteiger partial charge in [0, 0.05) is 21.3 Å². The van der Waals surface area contributed by atoms with Gasteiger partial charge in [0.15, 0.2) is 6.54 Å². The van der Waals surface area contributed by atoms with Crippen LogP contribution in [0.2, 0.25) is 10.0 Å². The van der Waals surface area contributed by atoms with Crippen molar-refractivity contribution in [2.45, 2.75) is 13.5 Å². The van der Waals surface area contributed by atoms with Crippen LogP contribution in [0.15, 0.2) is 46.9 Å². The highest BCUT2D eigenvalue weighted by atomic mass is 35.5. The van der Waals surface area contributed by atoms with Gasteiger partial charge in [0.25, 0.3) is 5.89 Å². The zero-order chi connectivity index (χ0) is 18.8. The number of nitrogens with zero attached hydrogens (tertiary/aromatic N) is 3. The van der Waals surface area contributed by atoms with E-state index in [1.165, 1.54) is 16.2 Å². The van der Waals surface area contributed by atoms with Gasteiger partial charge in [-0.05, 0) is 48.9 Å². The molecule has 1 fully saturated rings. The van der Waals surface area contributed by atoms with Gasteiger partial charge in [0.05, 0.1) is 26.2 Å². The Morgan fingerprint density at radius 3 is 2.44 bits per heavy atom. The normalized spacial score (nSPS) is 15.3. The molecule has 1 aromatic heterocycles. The number of hydrogen-bond donors (Lipinski definition) is 1. The van der Waals surface area contributed by atoms with E-state index in [4.69, 9.17) is 27.6 Å². The fourth-order valence-electron chi connectivity index (χ4n) is 3.41. The number of nitrogens with one attached hydrogen (secondary N) is 1. The first-order valence-corrected chi connectivity index (χ1v) is 9.77. The molecule has 140 valence electrons. The third kappa shape index (κ3) is 4.26. The van der Waals surface area contributed by atoms with Crippen LogP contribution in [0.25, 0.3) is 11.5 Å². The third-order valence-corrected chi connectivity index (χ3v) is 5.43. The average Bonchev–Trinajstić information content (AvgIpc) is 3.13. The molecule has 1 N–H and O–H groups in total. The van der Waals surface area contributed by atoms with Crippen molar-refractivity contribution in [3.8, 4) is 11.5 Å². The molecule has 0 bridgehead atoms. The Morgan fingerprint density at radius 2 is 1.70 bits per heavy atom. The molecule has 0 atom stereocenters. The lowest BCUT2D eigenvalue weighted by Crippen LogP contribution is -3.13. The molecule has 4 rings (SSSR count). The number of anilines is 1. The Kier molecular flexibility index (Phi) is 5.34. The van der Waals surface area contributed by atoms with Crippen molar-refractivity contribution in [3.05, 3.63) is 64.0 Å². The summed E-state index contributed by atoms with van der Waals surface area (Å²) in [6, 6.07) is 13.5. The predicted molar refractivity (Wildman–Crippen MR) is 108 cm³/mol. The fraction of sp³-hybridized carbons (Fsp3) is 0.300. The van der Waals surface area contributed by atoms with E-state index < -0.39 is 0 Å². The van der Waals surface area contributed by atoms with Crippen molar-refractivity contribution in [3.63, 3.8) is 0 Å². The quantitative estimate of drug-likeness (QED) is 0.725. The zero-order valence-corrected chi connectivity index (χ0v) is 16.6. The van der Waals surface area contributed by atoms with E-state index in [0.717, 1.165) is 43.3 Å². The topological polar surface area (TPSA) is 46.6 Å². The van der Waals surface area contributed by atoms with Gasteiger partial charge in [-0.15, -0.1) is 10.2 Å². The second kappa shape index (κ2) is 7.89. The number of aryl methyl sites for hydroxylation is 1. The first-order chi connectivity index (χ1) is 13.1. The van der Waals surface area contributed by atoms with Gasteiger partial charge in [0.2, 0.25) is 5.89 Å². The van der Waals surface area contributed by atoms with E-state index in [2.05, 4.69) is 34.2 Å². The van der Waals surface area contributed by atoms with E-state index >= 15 is 0 Å². The Labute approximate surface area is 168 Å². The number of benzene rings is 2. The van der Waals surface area contributed by atoms with E-state index in [9.17, 15) is 0 Å². The van der Waals surface area contributed by atoms with Gasteiger partial charge >= 0.3 is 0 Å². The van der Waals surface area contributed by atoms with Crippen LogP contribution in [0.4, 0.5) is 5.69 Å². The summed E-state index contributed by atoms with van der Waals surface area (Å²) in [5.41, 5.74) is 3.37. The van der Waals surface area contributed by atoms with E-state index in [1.807, 2.05) is 30.3 Å². The van der Waals surface area contributed by atoms with E-state index in [1.54, 1.807) is 0 Å². The van der Waals surface area contributed by atoms with E-state index in [-0.39, 0.29) is 0 Å². The van der Waals surface area contributed by atoms with Crippen LogP contribution in [0.3, 0.4) is 0 Å². The minimum absolute atomic E-state index is 0.536. The van der Waals surface area contributed by atoms with Crippen LogP contribution in [0, 0.1) is 6.92 Å². The van der Waals surface area contributed by atoms with Crippen LogP contribution < -0.4 is 9.80 Å². The second-order valence-corrected chi connectivity index (χ2v) is 7.73. The van der Waals surface area contributed by atoms with Crippen molar-refractivity contribution < 1.29 is 9.32 Å². The van der Waals surface area contributed by atoms with Gasteiger partial charge in [0.1, 0.15) is 0 Å². The summed E-state index contributed by atoms with van der Waals surface area (Å²) < 4.78 is 5.84. The van der Waals surface area contributed by atoms with Crippen molar-refractivity contribution in [1.29, 1.82) is 0 Å². The molecular formula is C20H21Cl2N4O+. The lowest BCUT2D eigenvalue weighted by molar-refractivity contribution is -0.915. The maximum absolute atomic E-state index is 6.17. The third-order valence-electron chi connectivity index (χ3n) is 4.94. The first-order valence-electron chi connectivity index (χ1n) is 9.01. The Balaban J connectivity index is 1.37. The van der Waals surface area contributed by atoms with Crippen LogP contribution in [-0.4, -0.2) is 36.4 Å². The first kappa shape index (κ1) is 18.3. The van der Waals surface area contributed by atoms with Gasteiger partial charge < -0.3 is 14.2 Å². The summed E-state index contributed by atoms with van der Waals surface area (Å²) in [6.07, 6.45) is 0. The summed E-state index contributed by atoms with van der Waals surface area (Å²) in [7, 11) is 0. The zero-order valence-electron chi connectivity index (χ0n) is 15.1. The van der Waals surface area contributed by atoms with Crippen molar-refractivity contribution in [1.82, 2.24) is 10.2 Å². The average molecular weight is 404 g/mol. The highest BCUT2D eigenvalue weighted by Gasteiger charge is 2.23. The van der Waals surface area contributed by atoms with Crippen LogP contribution in [0.5, 0.6) is 0 Å². The van der Waals surface area contributed by atoms with Crippen LogP contribution in [-0.2, 0) is 6.54 Å². The Hall–Kier alpha value is -2.08. The molecule has 2 heterocycles. The standard InChI is InChI=1S/C20H20Cl2N4O/c1-14-2-5-17(22)12-18(14)26-10-8-25(9-11-26)13-19-23-24-20(27-19)15-3-6-16(21)7-4-15/h2-7,12H,8-11,13H2,1H3/p+1. The largest absolute Gasteiger partial charge is 0.415 e. The molecule has 0 saturated carbocycles. The molecule has 0 aliphatic carbocycles. The molecule has 27 heavy (non-hydrogen) atoms. The smallest absolute Gasteiger partial charge is 0.271 e. The molecule has 7 heteroatoms. The monoisotopic (exact) mass is 403 g/mol. The maximum atomic E-state index is 6.17. The summed E-state index contributed by atoms with van der Waals surface area (Å²) in [6.45, 7) is 6.86. The summed E-state index contributed by atoms with van der Waals surface area (Å²) in [4.78, 5) is 3.84. The van der Waals surface area contributed by atoms with Crippen molar-refractivity contribution >= 4 is 28.9 Å². The lowest BCUT2D eigenvalue weighted by Gasteiger charge is -2.34. The molecule has 1 saturated heterocycles. The number of aromatic nitrogens is 2. The molecule has 0 unspecified atom stereocenters. The maximum Gasteiger partial charge on any atom is 0.271 e. The highest BCUT2D eigenvalue weighted by Crippen LogP contribution is 2.24. The molecule has 0 spiro atoms. The van der Waals surface area contributed by atoms with Crippen LogP contribution in [0.1, 0.15) is 11.5 Å². The van der Waals surface area contributed by atoms with Crippen LogP contribution >= 0.6 is 23.2 Å². The lowest BCUT2D eigenvalue weighted by atomic mass is 10.1. The van der Waals surface area contributed by atoms with E-state index in [0.29, 0.717) is 16.8 Å². The number of piperazine rings is 1. The summed E-state index contributed by atoms with van der Waals surface area (Å²) in [5.74, 6) is 1.21. The minimum atomic E-state index is 0.536. The van der Waals surface area contributed by atoms with Gasteiger partial charge in [-0.1, -0.05) is 29.3 Å². The summed E-state index contributed by atoms with van der Waals surface area (Å²) >= 11 is 12.1. The minimum Gasteiger partial charge on any atom is -0.415 e. The second-order valence-electron chi connectivity index (χ2n) is 6.85. The number of quaternary nitrogens is 1. The van der Waals surface area contributed by atoms with Gasteiger partial charge in [-0.2, -0.15) is 0 Å². The Morgan fingerprint density at radius 1 is 1.00 bits per heavy atom. The fourth-order valence-corrected chi connectivity index (χ4v) is 3.70. The number of rotatable bonds is 4. The molecule has 0 amide bonds. The number of hydrogen-bond acceptors (Lipinski definition) is 4. The SMILES string of the molecule is Cc1ccc(Cl)cc1N1CC[NH+](Cc2nnc(-c3ccc(Cl)cc3)o2)CC1. The summed E-state index contributed by atoms with van der Waals surface area (Å²) in [5, 5.41) is 9.85. The molecule has 3 aromatic rings. The highest BCUT2D eigenvalue weighted by molar-refractivity contribution is 6.31. The molecule has 1 aliphatic rings. The molecule has 1 aliphatic heterocycles. The Bertz CT molecular complexity index is 918. The molecular weight excluding hydrogens is 383 g/mol. The molecule has 2 aromatic carbocycles. The van der Waals surface area contributed by atoms with Crippen molar-refractivity contribution in [2.24, 2.45) is 0 Å². The van der Waals surface area contributed by atoms with Gasteiger partial charge in [-0.25, -0.2) is 0 Å². The molecule has 0 radical (unpaired) electrons. The van der Waals surface area contributed by atoms with Crippen molar-refractivity contribution in [2.75, 3.05) is 31.1 Å². The molecule has 5 nitrogen and oxygen atoms in total.